The van der Waals surface area contributed by atoms with Gasteiger partial charge in [-0.25, -0.2) is 4.98 Å². The number of thiazole rings is 1. The van der Waals surface area contributed by atoms with Crippen molar-refractivity contribution in [3.63, 3.8) is 0 Å². The van der Waals surface area contributed by atoms with Gasteiger partial charge in [0.05, 0.1) is 35.6 Å². The summed E-state index contributed by atoms with van der Waals surface area (Å²) in [7, 11) is 0. The fraction of sp³-hybridized carbons (Fsp3) is 0.300. The number of fused-ring (bicyclic) bond motifs is 1. The second kappa shape index (κ2) is 7.94. The summed E-state index contributed by atoms with van der Waals surface area (Å²) in [5.41, 5.74) is 2.21. The number of benzene rings is 2. The first-order chi connectivity index (χ1) is 13.2. The van der Waals surface area contributed by atoms with E-state index < -0.39 is 0 Å². The van der Waals surface area contributed by atoms with Gasteiger partial charge in [-0.05, 0) is 37.3 Å². The third-order valence-corrected chi connectivity index (χ3v) is 5.43. The maximum Gasteiger partial charge on any atom is 0.259 e. The zero-order chi connectivity index (χ0) is 18.6. The van der Waals surface area contributed by atoms with Crippen LogP contribution >= 0.6 is 11.3 Å². The number of para-hydroxylation sites is 1. The fourth-order valence-corrected chi connectivity index (χ4v) is 4.07. The second-order valence-corrected chi connectivity index (χ2v) is 7.17. The summed E-state index contributed by atoms with van der Waals surface area (Å²) in [5.74, 6) is 0.405. The highest BCUT2D eigenvalue weighted by Crippen LogP contribution is 2.31. The Balaban J connectivity index is 1.54. The van der Waals surface area contributed by atoms with Gasteiger partial charge in [-0.2, -0.15) is 0 Å². The maximum atomic E-state index is 12.7. The Morgan fingerprint density at radius 1 is 1.26 bits per heavy atom. The van der Waals surface area contributed by atoms with Crippen LogP contribution in [0.1, 0.15) is 17.3 Å². The maximum absolute atomic E-state index is 12.7. The number of anilines is 2. The van der Waals surface area contributed by atoms with Crippen molar-refractivity contribution in [3.8, 4) is 5.75 Å². The molecule has 3 aromatic rings. The standard InChI is InChI=1S/C20H21N3O3S/c1-2-26-17-6-4-3-5-15(17)19(24)21-14-7-8-16-18(13-14)27-20(22-16)23-9-11-25-12-10-23/h3-8,13H,2,9-12H2,1H3,(H,21,24). The first kappa shape index (κ1) is 17.8. The number of ether oxygens (including phenoxy) is 2. The van der Waals surface area contributed by atoms with Crippen LogP contribution in [-0.2, 0) is 4.74 Å². The van der Waals surface area contributed by atoms with E-state index in [2.05, 4.69) is 10.2 Å². The third kappa shape index (κ3) is 3.89. The molecule has 1 amide bonds. The first-order valence-electron chi connectivity index (χ1n) is 9.01. The van der Waals surface area contributed by atoms with Crippen LogP contribution in [0.5, 0.6) is 5.75 Å². The molecule has 2 heterocycles. The molecule has 4 rings (SSSR count). The van der Waals surface area contributed by atoms with E-state index in [0.29, 0.717) is 17.9 Å². The molecular weight excluding hydrogens is 362 g/mol. The highest BCUT2D eigenvalue weighted by atomic mass is 32.1. The molecule has 1 aliphatic rings. The average Bonchev–Trinajstić information content (AvgIpc) is 3.13. The van der Waals surface area contributed by atoms with Crippen molar-refractivity contribution in [2.75, 3.05) is 43.1 Å². The summed E-state index contributed by atoms with van der Waals surface area (Å²) in [6, 6.07) is 13.1. The predicted molar refractivity (Wildman–Crippen MR) is 108 cm³/mol. The van der Waals surface area contributed by atoms with Gasteiger partial charge in [0.25, 0.3) is 5.91 Å². The molecule has 1 N–H and O–H groups in total. The van der Waals surface area contributed by atoms with Crippen LogP contribution in [0.25, 0.3) is 10.2 Å². The number of morpholine rings is 1. The Labute approximate surface area is 161 Å². The van der Waals surface area contributed by atoms with Gasteiger partial charge in [0.2, 0.25) is 0 Å². The third-order valence-electron chi connectivity index (χ3n) is 4.35. The number of carbonyl (C=O) groups excluding carboxylic acids is 1. The van der Waals surface area contributed by atoms with Crippen LogP contribution in [0.2, 0.25) is 0 Å². The van der Waals surface area contributed by atoms with Crippen molar-refractivity contribution < 1.29 is 14.3 Å². The molecule has 7 heteroatoms. The van der Waals surface area contributed by atoms with E-state index in [1.54, 1.807) is 23.5 Å². The van der Waals surface area contributed by atoms with E-state index in [9.17, 15) is 4.79 Å². The molecule has 0 unspecified atom stereocenters. The quantitative estimate of drug-likeness (QED) is 0.726. The number of rotatable bonds is 5. The summed E-state index contributed by atoms with van der Waals surface area (Å²) in [4.78, 5) is 19.6. The largest absolute Gasteiger partial charge is 0.493 e. The van der Waals surface area contributed by atoms with Gasteiger partial charge in [-0.3, -0.25) is 4.79 Å². The summed E-state index contributed by atoms with van der Waals surface area (Å²) < 4.78 is 12.0. The SMILES string of the molecule is CCOc1ccccc1C(=O)Nc1ccc2nc(N3CCOCC3)sc2c1. The lowest BCUT2D eigenvalue weighted by molar-refractivity contribution is 0.102. The number of nitrogens with zero attached hydrogens (tertiary/aromatic N) is 2. The van der Waals surface area contributed by atoms with Gasteiger partial charge < -0.3 is 19.7 Å². The first-order valence-corrected chi connectivity index (χ1v) is 9.82. The Morgan fingerprint density at radius 3 is 2.89 bits per heavy atom. The van der Waals surface area contributed by atoms with Crippen molar-refractivity contribution in [2.45, 2.75) is 6.92 Å². The van der Waals surface area contributed by atoms with E-state index in [1.165, 1.54) is 0 Å². The van der Waals surface area contributed by atoms with E-state index in [1.807, 2.05) is 37.3 Å². The highest BCUT2D eigenvalue weighted by molar-refractivity contribution is 7.22. The number of amides is 1. The molecule has 1 aromatic heterocycles. The van der Waals surface area contributed by atoms with Crippen LogP contribution < -0.4 is 15.0 Å². The average molecular weight is 383 g/mol. The lowest BCUT2D eigenvalue weighted by atomic mass is 10.2. The van der Waals surface area contributed by atoms with Crippen LogP contribution in [0.3, 0.4) is 0 Å². The summed E-state index contributed by atoms with van der Waals surface area (Å²) in [5, 5.41) is 3.96. The topological polar surface area (TPSA) is 63.7 Å². The van der Waals surface area contributed by atoms with Crippen LogP contribution in [-0.4, -0.2) is 43.8 Å². The number of hydrogen-bond acceptors (Lipinski definition) is 6. The molecule has 1 saturated heterocycles. The molecule has 0 radical (unpaired) electrons. The molecule has 1 fully saturated rings. The van der Waals surface area contributed by atoms with Gasteiger partial charge in [0.1, 0.15) is 5.75 Å². The monoisotopic (exact) mass is 383 g/mol. The zero-order valence-corrected chi connectivity index (χ0v) is 15.9. The normalized spacial score (nSPS) is 14.3. The smallest absolute Gasteiger partial charge is 0.259 e. The van der Waals surface area contributed by atoms with E-state index >= 15 is 0 Å². The Kier molecular flexibility index (Phi) is 5.22. The second-order valence-electron chi connectivity index (χ2n) is 6.16. The molecule has 0 saturated carbocycles. The lowest BCUT2D eigenvalue weighted by Crippen LogP contribution is -2.36. The van der Waals surface area contributed by atoms with E-state index in [-0.39, 0.29) is 5.91 Å². The summed E-state index contributed by atoms with van der Waals surface area (Å²) >= 11 is 1.64. The molecule has 27 heavy (non-hydrogen) atoms. The minimum atomic E-state index is -0.184. The Hall–Kier alpha value is -2.64. The lowest BCUT2D eigenvalue weighted by Gasteiger charge is -2.25. The van der Waals surface area contributed by atoms with Crippen molar-refractivity contribution in [2.24, 2.45) is 0 Å². The number of carbonyl (C=O) groups is 1. The highest BCUT2D eigenvalue weighted by Gasteiger charge is 2.16. The van der Waals surface area contributed by atoms with Gasteiger partial charge in [0, 0.05) is 18.8 Å². The van der Waals surface area contributed by atoms with Gasteiger partial charge in [-0.1, -0.05) is 23.5 Å². The summed E-state index contributed by atoms with van der Waals surface area (Å²) in [6.07, 6.45) is 0. The Bertz CT molecular complexity index is 951. The van der Waals surface area contributed by atoms with Gasteiger partial charge in [0.15, 0.2) is 5.13 Å². The molecule has 140 valence electrons. The molecule has 0 bridgehead atoms. The van der Waals surface area contributed by atoms with E-state index in [0.717, 1.165) is 47.3 Å². The molecule has 0 atom stereocenters. The van der Waals surface area contributed by atoms with Crippen LogP contribution in [0.4, 0.5) is 10.8 Å². The van der Waals surface area contributed by atoms with Crippen molar-refractivity contribution in [3.05, 3.63) is 48.0 Å². The molecule has 6 nitrogen and oxygen atoms in total. The number of aromatic nitrogens is 1. The molecule has 0 spiro atoms. The number of nitrogens with one attached hydrogen (secondary N) is 1. The van der Waals surface area contributed by atoms with E-state index in [4.69, 9.17) is 14.5 Å². The minimum Gasteiger partial charge on any atom is -0.493 e. The Morgan fingerprint density at radius 2 is 2.07 bits per heavy atom. The van der Waals surface area contributed by atoms with Crippen molar-refractivity contribution >= 4 is 38.3 Å². The summed E-state index contributed by atoms with van der Waals surface area (Å²) in [6.45, 7) is 5.60. The van der Waals surface area contributed by atoms with Crippen LogP contribution in [0, 0.1) is 0 Å². The van der Waals surface area contributed by atoms with Crippen molar-refractivity contribution in [1.29, 1.82) is 0 Å². The molecular formula is C20H21N3O3S. The van der Waals surface area contributed by atoms with Crippen LogP contribution in [0.15, 0.2) is 42.5 Å². The minimum absolute atomic E-state index is 0.184. The number of hydrogen-bond donors (Lipinski definition) is 1. The fourth-order valence-electron chi connectivity index (χ4n) is 3.01. The van der Waals surface area contributed by atoms with Gasteiger partial charge in [-0.15, -0.1) is 0 Å². The van der Waals surface area contributed by atoms with Crippen molar-refractivity contribution in [1.82, 2.24) is 4.98 Å². The zero-order valence-electron chi connectivity index (χ0n) is 15.1. The molecule has 2 aromatic carbocycles. The predicted octanol–water partition coefficient (Wildman–Crippen LogP) is 3.78. The molecule has 1 aliphatic heterocycles. The van der Waals surface area contributed by atoms with Gasteiger partial charge >= 0.3 is 0 Å². The molecule has 0 aliphatic carbocycles.